The van der Waals surface area contributed by atoms with E-state index < -0.39 is 29.1 Å². The standard InChI is InChI=1S/C13H14F3NO2/c1-7(2)11-6-19-13(18)17(11)5-8-9(14)3-4-10(15)12(8)16/h3-4,7,11H,5-6H2,1-2H3/t11-/m1/s1. The Hall–Kier alpha value is -1.72. The second-order valence-electron chi connectivity index (χ2n) is 4.84. The van der Waals surface area contributed by atoms with Gasteiger partial charge < -0.3 is 4.74 Å². The highest BCUT2D eigenvalue weighted by Crippen LogP contribution is 2.25. The summed E-state index contributed by atoms with van der Waals surface area (Å²) in [5.74, 6) is -3.19. The van der Waals surface area contributed by atoms with Crippen LogP contribution in [0.3, 0.4) is 0 Å². The second kappa shape index (κ2) is 5.11. The molecule has 0 radical (unpaired) electrons. The summed E-state index contributed by atoms with van der Waals surface area (Å²) < 4.78 is 45.1. The van der Waals surface area contributed by atoms with Crippen molar-refractivity contribution < 1.29 is 22.7 Å². The number of halogens is 3. The average molecular weight is 273 g/mol. The summed E-state index contributed by atoms with van der Waals surface area (Å²) in [7, 11) is 0. The molecule has 1 aromatic carbocycles. The van der Waals surface area contributed by atoms with Gasteiger partial charge >= 0.3 is 6.09 Å². The Morgan fingerprint density at radius 2 is 1.95 bits per heavy atom. The number of rotatable bonds is 3. The van der Waals surface area contributed by atoms with Crippen molar-refractivity contribution in [1.29, 1.82) is 0 Å². The van der Waals surface area contributed by atoms with Crippen molar-refractivity contribution in [2.24, 2.45) is 5.92 Å². The molecule has 0 saturated carbocycles. The summed E-state index contributed by atoms with van der Waals surface area (Å²) in [6, 6.07) is 1.30. The van der Waals surface area contributed by atoms with Crippen molar-refractivity contribution in [1.82, 2.24) is 4.90 Å². The molecule has 1 aliphatic heterocycles. The first-order valence-corrected chi connectivity index (χ1v) is 5.97. The number of carbonyl (C=O) groups is 1. The van der Waals surface area contributed by atoms with E-state index in [-0.39, 0.29) is 25.1 Å². The minimum Gasteiger partial charge on any atom is -0.447 e. The van der Waals surface area contributed by atoms with Gasteiger partial charge in [-0.3, -0.25) is 4.90 Å². The van der Waals surface area contributed by atoms with Gasteiger partial charge in [0.15, 0.2) is 11.6 Å². The Bertz CT molecular complexity index is 505. The summed E-state index contributed by atoms with van der Waals surface area (Å²) in [6.07, 6.45) is -0.637. The van der Waals surface area contributed by atoms with E-state index in [1.807, 2.05) is 13.8 Å². The van der Waals surface area contributed by atoms with E-state index in [0.717, 1.165) is 12.1 Å². The van der Waals surface area contributed by atoms with Gasteiger partial charge in [0.1, 0.15) is 12.4 Å². The highest BCUT2D eigenvalue weighted by atomic mass is 19.2. The quantitative estimate of drug-likeness (QED) is 0.792. The molecule has 1 fully saturated rings. The zero-order chi connectivity index (χ0) is 14.2. The zero-order valence-corrected chi connectivity index (χ0v) is 10.6. The lowest BCUT2D eigenvalue weighted by Gasteiger charge is -2.24. The average Bonchev–Trinajstić information content (AvgIpc) is 2.71. The van der Waals surface area contributed by atoms with Gasteiger partial charge in [-0.15, -0.1) is 0 Å². The van der Waals surface area contributed by atoms with Crippen LogP contribution in [0.2, 0.25) is 0 Å². The van der Waals surface area contributed by atoms with Crippen LogP contribution >= 0.6 is 0 Å². The van der Waals surface area contributed by atoms with Gasteiger partial charge in [-0.05, 0) is 18.1 Å². The van der Waals surface area contributed by atoms with Crippen molar-refractivity contribution in [2.45, 2.75) is 26.4 Å². The summed E-state index contributed by atoms with van der Waals surface area (Å²) in [5, 5.41) is 0. The molecule has 0 spiro atoms. The lowest BCUT2D eigenvalue weighted by atomic mass is 10.0. The maximum atomic E-state index is 13.6. The largest absolute Gasteiger partial charge is 0.447 e. The number of hydrogen-bond donors (Lipinski definition) is 0. The van der Waals surface area contributed by atoms with Crippen LogP contribution in [0.15, 0.2) is 12.1 Å². The molecule has 3 nitrogen and oxygen atoms in total. The number of nitrogens with zero attached hydrogens (tertiary/aromatic N) is 1. The van der Waals surface area contributed by atoms with Crippen LogP contribution in [0.25, 0.3) is 0 Å². The Morgan fingerprint density at radius 3 is 2.58 bits per heavy atom. The maximum absolute atomic E-state index is 13.6. The van der Waals surface area contributed by atoms with E-state index in [1.54, 1.807) is 0 Å². The van der Waals surface area contributed by atoms with Crippen LogP contribution < -0.4 is 0 Å². The molecule has 0 N–H and O–H groups in total. The number of cyclic esters (lactones) is 1. The number of benzene rings is 1. The summed E-state index contributed by atoms with van der Waals surface area (Å²) in [4.78, 5) is 12.8. The van der Waals surface area contributed by atoms with Gasteiger partial charge in [0.2, 0.25) is 0 Å². The molecule has 104 valence electrons. The Morgan fingerprint density at radius 1 is 1.32 bits per heavy atom. The Kier molecular flexibility index (Phi) is 3.68. The third-order valence-corrected chi connectivity index (χ3v) is 3.25. The van der Waals surface area contributed by atoms with Crippen molar-refractivity contribution in [2.75, 3.05) is 6.61 Å². The van der Waals surface area contributed by atoms with E-state index in [1.165, 1.54) is 4.90 Å². The summed E-state index contributed by atoms with van der Waals surface area (Å²) >= 11 is 0. The topological polar surface area (TPSA) is 29.5 Å². The van der Waals surface area contributed by atoms with Gasteiger partial charge in [-0.1, -0.05) is 13.8 Å². The van der Waals surface area contributed by atoms with Crippen molar-refractivity contribution in [3.63, 3.8) is 0 Å². The molecular formula is C13H14F3NO2. The van der Waals surface area contributed by atoms with Gasteiger partial charge in [0, 0.05) is 5.56 Å². The first-order valence-electron chi connectivity index (χ1n) is 5.97. The molecule has 1 heterocycles. The number of amides is 1. The molecule has 1 aliphatic rings. The molecular weight excluding hydrogens is 259 g/mol. The lowest BCUT2D eigenvalue weighted by molar-refractivity contribution is 0.154. The van der Waals surface area contributed by atoms with Crippen LogP contribution in [0, 0.1) is 23.4 Å². The molecule has 0 aromatic heterocycles. The van der Waals surface area contributed by atoms with Gasteiger partial charge in [0.05, 0.1) is 12.6 Å². The first kappa shape index (κ1) is 13.7. The molecule has 2 rings (SSSR count). The third-order valence-electron chi connectivity index (χ3n) is 3.25. The molecule has 19 heavy (non-hydrogen) atoms. The normalized spacial score (nSPS) is 19.2. The minimum atomic E-state index is -1.26. The van der Waals surface area contributed by atoms with Crippen LogP contribution in [-0.4, -0.2) is 23.6 Å². The fraction of sp³-hybridized carbons (Fsp3) is 0.462. The number of ether oxygens (including phenoxy) is 1. The first-order chi connectivity index (χ1) is 8.91. The van der Waals surface area contributed by atoms with E-state index in [2.05, 4.69) is 0 Å². The molecule has 0 unspecified atom stereocenters. The fourth-order valence-electron chi connectivity index (χ4n) is 2.08. The fourth-order valence-corrected chi connectivity index (χ4v) is 2.08. The SMILES string of the molecule is CC(C)[C@H]1COC(=O)N1Cc1c(F)ccc(F)c1F. The monoisotopic (exact) mass is 273 g/mol. The van der Waals surface area contributed by atoms with Crippen molar-refractivity contribution >= 4 is 6.09 Å². The van der Waals surface area contributed by atoms with Crippen LogP contribution in [0.1, 0.15) is 19.4 Å². The minimum absolute atomic E-state index is 0.0751. The van der Waals surface area contributed by atoms with Gasteiger partial charge in [0.25, 0.3) is 0 Å². The number of carbonyl (C=O) groups excluding carboxylic acids is 1. The zero-order valence-electron chi connectivity index (χ0n) is 10.6. The van der Waals surface area contributed by atoms with Crippen LogP contribution in [-0.2, 0) is 11.3 Å². The summed E-state index contributed by atoms with van der Waals surface area (Å²) in [5.41, 5.74) is -0.454. The van der Waals surface area contributed by atoms with Crippen molar-refractivity contribution in [3.8, 4) is 0 Å². The number of hydrogen-bond acceptors (Lipinski definition) is 2. The predicted molar refractivity (Wildman–Crippen MR) is 61.8 cm³/mol. The molecule has 0 bridgehead atoms. The molecule has 6 heteroatoms. The maximum Gasteiger partial charge on any atom is 0.410 e. The van der Waals surface area contributed by atoms with E-state index >= 15 is 0 Å². The Balaban J connectivity index is 2.30. The van der Waals surface area contributed by atoms with E-state index in [0.29, 0.717) is 0 Å². The van der Waals surface area contributed by atoms with E-state index in [4.69, 9.17) is 4.74 Å². The van der Waals surface area contributed by atoms with Gasteiger partial charge in [-0.2, -0.15) is 0 Å². The Labute approximate surface area is 109 Å². The molecule has 1 saturated heterocycles. The third kappa shape index (κ3) is 2.52. The molecule has 1 amide bonds. The van der Waals surface area contributed by atoms with Crippen molar-refractivity contribution in [3.05, 3.63) is 35.1 Å². The predicted octanol–water partition coefficient (Wildman–Crippen LogP) is 3.08. The van der Waals surface area contributed by atoms with Crippen LogP contribution in [0.5, 0.6) is 0 Å². The lowest BCUT2D eigenvalue weighted by Crippen LogP contribution is -2.37. The van der Waals surface area contributed by atoms with Crippen LogP contribution in [0.4, 0.5) is 18.0 Å². The highest BCUT2D eigenvalue weighted by Gasteiger charge is 2.36. The molecule has 1 aromatic rings. The summed E-state index contributed by atoms with van der Waals surface area (Å²) in [6.45, 7) is 3.59. The van der Waals surface area contributed by atoms with E-state index in [9.17, 15) is 18.0 Å². The highest BCUT2D eigenvalue weighted by molar-refractivity contribution is 5.70. The second-order valence-corrected chi connectivity index (χ2v) is 4.84. The smallest absolute Gasteiger partial charge is 0.410 e. The molecule has 1 atom stereocenters. The van der Waals surface area contributed by atoms with Gasteiger partial charge in [-0.25, -0.2) is 18.0 Å². The molecule has 0 aliphatic carbocycles.